The molecule has 1 atom stereocenters. The molecule has 2 amide bonds. The van der Waals surface area contributed by atoms with E-state index in [0.717, 1.165) is 18.4 Å². The van der Waals surface area contributed by atoms with Crippen LogP contribution in [0.1, 0.15) is 24.0 Å². The van der Waals surface area contributed by atoms with Gasteiger partial charge >= 0.3 is 0 Å². The van der Waals surface area contributed by atoms with Crippen LogP contribution in [0.15, 0.2) is 84.9 Å². The van der Waals surface area contributed by atoms with Crippen molar-refractivity contribution in [2.24, 2.45) is 0 Å². The summed E-state index contributed by atoms with van der Waals surface area (Å²) in [5, 5.41) is 3.37. The zero-order valence-electron chi connectivity index (χ0n) is 19.7. The molecule has 0 aliphatic carbocycles. The van der Waals surface area contributed by atoms with Gasteiger partial charge in [-0.25, -0.2) is 0 Å². The fourth-order valence-corrected chi connectivity index (χ4v) is 4.59. The van der Waals surface area contributed by atoms with Crippen molar-refractivity contribution in [3.05, 3.63) is 96.1 Å². The second-order valence-corrected chi connectivity index (χ2v) is 8.84. The number of hydrogen-bond acceptors (Lipinski definition) is 4. The summed E-state index contributed by atoms with van der Waals surface area (Å²) in [6, 6.07) is 26.5. The van der Waals surface area contributed by atoms with Crippen molar-refractivity contribution >= 4 is 34.8 Å². The molecule has 6 nitrogen and oxygen atoms in total. The number of carbonyl (C=O) groups is 2. The van der Waals surface area contributed by atoms with Crippen LogP contribution in [-0.4, -0.2) is 46.4 Å². The highest BCUT2D eigenvalue weighted by Gasteiger charge is 2.42. The Morgan fingerprint density at radius 1 is 0.943 bits per heavy atom. The minimum atomic E-state index is -0.625. The molecule has 1 unspecified atom stereocenters. The molecule has 1 N–H and O–H groups in total. The zero-order chi connectivity index (χ0) is 24.6. The van der Waals surface area contributed by atoms with Gasteiger partial charge in [-0.3, -0.25) is 14.5 Å². The lowest BCUT2D eigenvalue weighted by Crippen LogP contribution is -2.38. The lowest BCUT2D eigenvalue weighted by molar-refractivity contribution is -0.131. The number of amides is 2. The maximum atomic E-state index is 13.4. The minimum absolute atomic E-state index is 0.0294. The average Bonchev–Trinajstić information content (AvgIpc) is 3.09. The first-order chi connectivity index (χ1) is 17.0. The summed E-state index contributed by atoms with van der Waals surface area (Å²) in [6.07, 6.45) is 1.73. The van der Waals surface area contributed by atoms with Gasteiger partial charge < -0.3 is 15.0 Å². The average molecular weight is 488 g/mol. The molecule has 3 aromatic carbocycles. The monoisotopic (exact) mass is 487 g/mol. The maximum Gasteiger partial charge on any atom is 0.252 e. The molecule has 0 saturated carbocycles. The van der Waals surface area contributed by atoms with Crippen molar-refractivity contribution < 1.29 is 14.3 Å². The lowest BCUT2D eigenvalue weighted by Gasteiger charge is -2.24. The van der Waals surface area contributed by atoms with Crippen LogP contribution < -0.4 is 10.1 Å². The van der Waals surface area contributed by atoms with Crippen molar-refractivity contribution in [1.29, 1.82) is 0 Å². The van der Waals surface area contributed by atoms with E-state index in [2.05, 4.69) is 17.4 Å². The smallest absolute Gasteiger partial charge is 0.252 e. The van der Waals surface area contributed by atoms with Gasteiger partial charge in [-0.1, -0.05) is 60.7 Å². The van der Waals surface area contributed by atoms with Gasteiger partial charge in [0, 0.05) is 12.2 Å². The Labute approximate surface area is 211 Å². The van der Waals surface area contributed by atoms with Crippen molar-refractivity contribution in [3.63, 3.8) is 0 Å². The summed E-state index contributed by atoms with van der Waals surface area (Å²) in [6.45, 7) is 0.996. The highest BCUT2D eigenvalue weighted by atomic mass is 32.1. The quantitative estimate of drug-likeness (QED) is 0.422. The molecule has 0 aromatic heterocycles. The molecule has 0 radical (unpaired) electrons. The molecule has 1 aliphatic rings. The molecule has 1 aliphatic heterocycles. The van der Waals surface area contributed by atoms with E-state index in [0.29, 0.717) is 29.6 Å². The molecular weight excluding hydrogens is 458 g/mol. The first kappa shape index (κ1) is 24.4. The third-order valence-electron chi connectivity index (χ3n) is 6.05. The topological polar surface area (TPSA) is 61.9 Å². The summed E-state index contributed by atoms with van der Waals surface area (Å²) < 4.78 is 5.17. The predicted molar refractivity (Wildman–Crippen MR) is 141 cm³/mol. The molecule has 0 spiro atoms. The molecule has 1 fully saturated rings. The largest absolute Gasteiger partial charge is 0.497 e. The van der Waals surface area contributed by atoms with E-state index in [4.69, 9.17) is 17.0 Å². The number of methoxy groups -OCH3 is 1. The van der Waals surface area contributed by atoms with Gasteiger partial charge in [-0.15, -0.1) is 0 Å². The first-order valence-electron chi connectivity index (χ1n) is 11.7. The van der Waals surface area contributed by atoms with E-state index >= 15 is 0 Å². The van der Waals surface area contributed by atoms with Crippen LogP contribution in [0.5, 0.6) is 5.75 Å². The van der Waals surface area contributed by atoms with Crippen LogP contribution in [0, 0.1) is 0 Å². The van der Waals surface area contributed by atoms with Gasteiger partial charge in [-0.2, -0.15) is 0 Å². The summed E-state index contributed by atoms with van der Waals surface area (Å²) >= 11 is 5.74. The third-order valence-corrected chi connectivity index (χ3v) is 6.50. The van der Waals surface area contributed by atoms with Crippen LogP contribution in [-0.2, 0) is 22.6 Å². The number of nitrogens with one attached hydrogen (secondary N) is 1. The highest BCUT2D eigenvalue weighted by Crippen LogP contribution is 2.24. The number of rotatable bonds is 10. The molecule has 3 aromatic rings. The molecule has 4 rings (SSSR count). The SMILES string of the molecule is COc1ccc(NC(=O)CC2C(=O)N(Cc3ccccc3)C(=S)N2CCCc2ccccc2)cc1. The zero-order valence-corrected chi connectivity index (χ0v) is 20.5. The summed E-state index contributed by atoms with van der Waals surface area (Å²) in [5.41, 5.74) is 2.88. The van der Waals surface area contributed by atoms with Crippen molar-refractivity contribution in [2.45, 2.75) is 31.8 Å². The fourth-order valence-electron chi connectivity index (χ4n) is 4.22. The van der Waals surface area contributed by atoms with Crippen molar-refractivity contribution in [2.75, 3.05) is 19.0 Å². The Morgan fingerprint density at radius 2 is 1.57 bits per heavy atom. The lowest BCUT2D eigenvalue weighted by atomic mass is 10.1. The van der Waals surface area contributed by atoms with Crippen LogP contribution >= 0.6 is 12.2 Å². The fraction of sp³-hybridized carbons (Fsp3) is 0.250. The number of benzene rings is 3. The molecular formula is C28H29N3O3S. The van der Waals surface area contributed by atoms with E-state index in [1.54, 1.807) is 36.3 Å². The van der Waals surface area contributed by atoms with Gasteiger partial charge in [-0.05, 0) is 60.5 Å². The van der Waals surface area contributed by atoms with Crippen LogP contribution in [0.2, 0.25) is 0 Å². The van der Waals surface area contributed by atoms with Gasteiger partial charge in [0.1, 0.15) is 11.8 Å². The summed E-state index contributed by atoms with van der Waals surface area (Å²) in [7, 11) is 1.59. The van der Waals surface area contributed by atoms with E-state index < -0.39 is 6.04 Å². The van der Waals surface area contributed by atoms with Crippen LogP contribution in [0.25, 0.3) is 0 Å². The van der Waals surface area contributed by atoms with E-state index in [1.165, 1.54) is 5.56 Å². The second kappa shape index (κ2) is 11.6. The number of aryl methyl sites for hydroxylation is 1. The van der Waals surface area contributed by atoms with E-state index in [9.17, 15) is 9.59 Å². The van der Waals surface area contributed by atoms with Crippen molar-refractivity contribution in [3.8, 4) is 5.75 Å². The Bertz CT molecular complexity index is 1150. The molecule has 180 valence electrons. The summed E-state index contributed by atoms with van der Waals surface area (Å²) in [5.74, 6) is 0.342. The number of nitrogens with zero attached hydrogens (tertiary/aromatic N) is 2. The van der Waals surface area contributed by atoms with Gasteiger partial charge in [0.25, 0.3) is 5.91 Å². The normalized spacial score (nSPS) is 15.4. The predicted octanol–water partition coefficient (Wildman–Crippen LogP) is 4.65. The number of thiocarbonyl (C=S) groups is 1. The Balaban J connectivity index is 1.46. The standard InChI is InChI=1S/C28H29N3O3S/c1-34-24-16-14-23(15-17-24)29-26(32)19-25-27(33)31(20-22-11-6-3-7-12-22)28(35)30(25)18-8-13-21-9-4-2-5-10-21/h2-7,9-12,14-17,25H,8,13,18-20H2,1H3,(H,29,32). The first-order valence-corrected chi connectivity index (χ1v) is 12.1. The molecule has 0 bridgehead atoms. The van der Waals surface area contributed by atoms with E-state index in [-0.39, 0.29) is 18.2 Å². The number of hydrogen-bond donors (Lipinski definition) is 1. The second-order valence-electron chi connectivity index (χ2n) is 8.47. The number of carbonyl (C=O) groups excluding carboxylic acids is 2. The number of anilines is 1. The van der Waals surface area contributed by atoms with E-state index in [1.807, 2.05) is 53.4 Å². The van der Waals surface area contributed by atoms with Crippen molar-refractivity contribution in [1.82, 2.24) is 9.80 Å². The Kier molecular flexibility index (Phi) is 8.11. The van der Waals surface area contributed by atoms with Gasteiger partial charge in [0.05, 0.1) is 20.1 Å². The highest BCUT2D eigenvalue weighted by molar-refractivity contribution is 7.80. The van der Waals surface area contributed by atoms with Crippen LogP contribution in [0.3, 0.4) is 0 Å². The summed E-state index contributed by atoms with van der Waals surface area (Å²) in [4.78, 5) is 29.9. The molecule has 1 saturated heterocycles. The van der Waals surface area contributed by atoms with Gasteiger partial charge in [0.2, 0.25) is 5.91 Å². The number of ether oxygens (including phenoxy) is 1. The molecule has 7 heteroatoms. The Hall–Kier alpha value is -3.71. The molecule has 35 heavy (non-hydrogen) atoms. The molecule has 1 heterocycles. The maximum absolute atomic E-state index is 13.4. The van der Waals surface area contributed by atoms with Gasteiger partial charge in [0.15, 0.2) is 5.11 Å². The van der Waals surface area contributed by atoms with Crippen LogP contribution in [0.4, 0.5) is 5.69 Å². The third kappa shape index (κ3) is 6.25. The minimum Gasteiger partial charge on any atom is -0.497 e. The Morgan fingerprint density at radius 3 is 2.20 bits per heavy atom.